The fraction of sp³-hybridized carbons (Fsp3) is 0.214. The Morgan fingerprint density at radius 2 is 1.78 bits per heavy atom. The van der Waals surface area contributed by atoms with Crippen LogP contribution in [-0.4, -0.2) is 49.6 Å². The van der Waals surface area contributed by atoms with Crippen LogP contribution in [-0.2, 0) is 14.9 Å². The van der Waals surface area contributed by atoms with Gasteiger partial charge in [-0.2, -0.15) is 23.4 Å². The summed E-state index contributed by atoms with van der Waals surface area (Å²) in [6.45, 7) is 1.54. The molecule has 1 heterocycles. The van der Waals surface area contributed by atoms with Gasteiger partial charge in [0, 0.05) is 0 Å². The minimum absolute atomic E-state index is 0.0244. The minimum Gasteiger partial charge on any atom is -0.467 e. The first-order chi connectivity index (χ1) is 12.7. The first-order valence-electron chi connectivity index (χ1n) is 7.29. The van der Waals surface area contributed by atoms with Crippen molar-refractivity contribution in [3.05, 3.63) is 35.7 Å². The number of esters is 1. The molecule has 0 spiro atoms. The summed E-state index contributed by atoms with van der Waals surface area (Å²) in [6, 6.07) is 4.55. The summed E-state index contributed by atoms with van der Waals surface area (Å²) in [7, 11) is -1.88. The van der Waals surface area contributed by atoms with Crippen LogP contribution in [0.15, 0.2) is 24.3 Å². The molecule has 144 valence electrons. The van der Waals surface area contributed by atoms with Crippen LogP contribution in [0.1, 0.15) is 16.2 Å². The Kier molecular flexibility index (Phi) is 6.07. The molecule has 1 aromatic carbocycles. The molecule has 3 N–H and O–H groups in total. The molecule has 13 heteroatoms. The molecular weight excluding hydrogens is 380 g/mol. The number of amides is 2. The van der Waals surface area contributed by atoms with Gasteiger partial charge in [0.15, 0.2) is 0 Å². The lowest BCUT2D eigenvalue weighted by Gasteiger charge is -2.12. The number of carbonyl (C=O) groups excluding carboxylic acids is 2. The van der Waals surface area contributed by atoms with Gasteiger partial charge in [0.25, 0.3) is 0 Å². The lowest BCUT2D eigenvalue weighted by atomic mass is 10.2. The summed E-state index contributed by atoms with van der Waals surface area (Å²) in [5, 5.41) is 2.14. The van der Waals surface area contributed by atoms with Crippen molar-refractivity contribution < 1.29 is 27.5 Å². The van der Waals surface area contributed by atoms with Crippen LogP contribution in [0.3, 0.4) is 0 Å². The molecule has 2 aromatic rings. The van der Waals surface area contributed by atoms with E-state index in [2.05, 4.69) is 29.7 Å². The van der Waals surface area contributed by atoms with Crippen LogP contribution < -0.4 is 19.5 Å². The molecule has 0 aliphatic rings. The van der Waals surface area contributed by atoms with E-state index in [-0.39, 0.29) is 29.0 Å². The normalized spacial score (nSPS) is 10.6. The van der Waals surface area contributed by atoms with Crippen molar-refractivity contribution in [2.75, 3.05) is 24.3 Å². The van der Waals surface area contributed by atoms with Crippen LogP contribution in [0.4, 0.5) is 16.4 Å². The number of nitrogens with one attached hydrogen (secondary N) is 3. The molecule has 0 aliphatic carbocycles. The summed E-state index contributed by atoms with van der Waals surface area (Å²) < 4.78 is 37.5. The minimum atomic E-state index is -4.37. The van der Waals surface area contributed by atoms with Gasteiger partial charge < -0.3 is 9.47 Å². The van der Waals surface area contributed by atoms with E-state index in [9.17, 15) is 18.0 Å². The number of rotatable bonds is 6. The number of para-hydroxylation sites is 1. The number of methoxy groups -OCH3 is 2. The van der Waals surface area contributed by atoms with Crippen molar-refractivity contribution in [1.29, 1.82) is 0 Å². The Hall–Kier alpha value is -3.48. The fourth-order valence-corrected chi connectivity index (χ4v) is 2.70. The van der Waals surface area contributed by atoms with Gasteiger partial charge in [-0.25, -0.2) is 14.3 Å². The van der Waals surface area contributed by atoms with Gasteiger partial charge in [-0.3, -0.25) is 10.0 Å². The first kappa shape index (κ1) is 19.8. The zero-order valence-electron chi connectivity index (χ0n) is 14.5. The molecule has 0 radical (unpaired) electrons. The Morgan fingerprint density at radius 3 is 2.44 bits per heavy atom. The van der Waals surface area contributed by atoms with Crippen LogP contribution in [0, 0.1) is 6.92 Å². The molecule has 0 unspecified atom stereocenters. The molecule has 0 fully saturated rings. The molecule has 2 amide bonds. The van der Waals surface area contributed by atoms with Crippen LogP contribution >= 0.6 is 0 Å². The van der Waals surface area contributed by atoms with Gasteiger partial charge in [-0.05, 0) is 19.1 Å². The number of hydrogen-bond donors (Lipinski definition) is 3. The number of aryl methyl sites for hydroxylation is 1. The Bertz CT molecular complexity index is 964. The maximum atomic E-state index is 12.1. The quantitative estimate of drug-likeness (QED) is 0.589. The molecule has 27 heavy (non-hydrogen) atoms. The first-order valence-corrected chi connectivity index (χ1v) is 8.78. The largest absolute Gasteiger partial charge is 0.467 e. The van der Waals surface area contributed by atoms with Gasteiger partial charge in [0.2, 0.25) is 5.95 Å². The number of ether oxygens (including phenoxy) is 2. The van der Waals surface area contributed by atoms with E-state index in [4.69, 9.17) is 4.74 Å². The summed E-state index contributed by atoms with van der Waals surface area (Å²) in [4.78, 5) is 35.0. The third kappa shape index (κ3) is 5.50. The van der Waals surface area contributed by atoms with E-state index in [0.717, 1.165) is 7.11 Å². The van der Waals surface area contributed by atoms with Crippen molar-refractivity contribution in [2.45, 2.75) is 6.92 Å². The number of anilines is 2. The molecule has 12 nitrogen and oxygen atoms in total. The lowest BCUT2D eigenvalue weighted by Crippen LogP contribution is -2.39. The molecule has 0 bridgehead atoms. The number of hydrogen-bond acceptors (Lipinski definition) is 9. The van der Waals surface area contributed by atoms with Crippen LogP contribution in [0.5, 0.6) is 6.01 Å². The van der Waals surface area contributed by atoms with Gasteiger partial charge in [-0.15, -0.1) is 0 Å². The van der Waals surface area contributed by atoms with Crippen molar-refractivity contribution >= 4 is 33.8 Å². The second-order valence-corrected chi connectivity index (χ2v) is 6.31. The average molecular weight is 396 g/mol. The molecule has 1 aromatic heterocycles. The van der Waals surface area contributed by atoms with Crippen LogP contribution in [0.2, 0.25) is 0 Å². The molecule has 0 saturated heterocycles. The third-order valence-corrected chi connectivity index (χ3v) is 3.88. The molecular formula is C14H16N6O6S. The van der Waals surface area contributed by atoms with E-state index >= 15 is 0 Å². The van der Waals surface area contributed by atoms with E-state index in [0.29, 0.717) is 0 Å². The van der Waals surface area contributed by atoms with Crippen molar-refractivity contribution in [1.82, 2.24) is 19.7 Å². The van der Waals surface area contributed by atoms with E-state index < -0.39 is 22.2 Å². The maximum absolute atomic E-state index is 12.1. The summed E-state index contributed by atoms with van der Waals surface area (Å²) >= 11 is 0. The molecule has 0 atom stereocenters. The number of nitrogens with zero attached hydrogens (tertiary/aromatic N) is 3. The third-order valence-electron chi connectivity index (χ3n) is 2.94. The zero-order chi connectivity index (χ0) is 20.0. The Balaban J connectivity index is 2.12. The second kappa shape index (κ2) is 8.27. The molecule has 0 saturated carbocycles. The fourth-order valence-electron chi connectivity index (χ4n) is 1.88. The standard InChI is InChI=1S/C14H16N6O6S/c1-8-15-12(18-14(16-8)26-3)17-13(22)20-27(23,24)19-10-7-5-4-6-9(10)11(21)25-2/h4-7,19H,1-3H3,(H2,15,16,17,18,20,22). The number of benzene rings is 1. The van der Waals surface area contributed by atoms with Crippen molar-refractivity contribution in [2.24, 2.45) is 0 Å². The molecule has 2 rings (SSSR count). The van der Waals surface area contributed by atoms with Gasteiger partial charge in [0.05, 0.1) is 25.5 Å². The Morgan fingerprint density at radius 1 is 1.07 bits per heavy atom. The zero-order valence-corrected chi connectivity index (χ0v) is 15.3. The van der Waals surface area contributed by atoms with Gasteiger partial charge in [0.1, 0.15) is 5.82 Å². The van der Waals surface area contributed by atoms with Crippen molar-refractivity contribution in [3.8, 4) is 6.01 Å². The second-order valence-electron chi connectivity index (χ2n) is 4.89. The highest BCUT2D eigenvalue weighted by Crippen LogP contribution is 2.17. The highest BCUT2D eigenvalue weighted by Gasteiger charge is 2.19. The van der Waals surface area contributed by atoms with Gasteiger partial charge in [-0.1, -0.05) is 12.1 Å². The topological polar surface area (TPSA) is 162 Å². The highest BCUT2D eigenvalue weighted by atomic mass is 32.2. The van der Waals surface area contributed by atoms with E-state index in [1.807, 2.05) is 0 Å². The van der Waals surface area contributed by atoms with Crippen LogP contribution in [0.25, 0.3) is 0 Å². The summed E-state index contributed by atoms with van der Waals surface area (Å²) in [6.07, 6.45) is 0. The Labute approximate surface area is 154 Å². The molecule has 0 aliphatic heterocycles. The van der Waals surface area contributed by atoms with Crippen molar-refractivity contribution in [3.63, 3.8) is 0 Å². The van der Waals surface area contributed by atoms with E-state index in [1.54, 1.807) is 4.72 Å². The number of urea groups is 1. The monoisotopic (exact) mass is 396 g/mol. The highest BCUT2D eigenvalue weighted by molar-refractivity contribution is 7.91. The smallest absolute Gasteiger partial charge is 0.339 e. The number of aromatic nitrogens is 3. The summed E-state index contributed by atoms with van der Waals surface area (Å²) in [5.74, 6) is -0.697. The summed E-state index contributed by atoms with van der Waals surface area (Å²) in [5.41, 5.74) is -0.0917. The predicted molar refractivity (Wildman–Crippen MR) is 93.6 cm³/mol. The van der Waals surface area contributed by atoms with E-state index in [1.165, 1.54) is 38.3 Å². The maximum Gasteiger partial charge on any atom is 0.339 e. The number of carbonyl (C=O) groups is 2. The van der Waals surface area contributed by atoms with Gasteiger partial charge >= 0.3 is 28.2 Å². The lowest BCUT2D eigenvalue weighted by molar-refractivity contribution is 0.0602. The predicted octanol–water partition coefficient (Wildman–Crippen LogP) is 0.454. The average Bonchev–Trinajstić information content (AvgIpc) is 2.59. The SMILES string of the molecule is COC(=O)c1ccccc1NS(=O)(=O)NC(=O)Nc1nc(C)nc(OC)n1.